The summed E-state index contributed by atoms with van der Waals surface area (Å²) in [5, 5.41) is 12.6. The topological polar surface area (TPSA) is 81.5 Å². The summed E-state index contributed by atoms with van der Waals surface area (Å²) in [6, 6.07) is 5.12. The number of anilines is 2. The van der Waals surface area contributed by atoms with Crippen LogP contribution in [0.5, 0.6) is 5.75 Å². The highest BCUT2D eigenvalue weighted by atomic mass is 35.5. The number of amides is 1. The Kier molecular flexibility index (Phi) is 6.81. The predicted molar refractivity (Wildman–Crippen MR) is 106 cm³/mol. The lowest BCUT2D eigenvalue weighted by Crippen LogP contribution is -2.38. The van der Waals surface area contributed by atoms with E-state index in [-0.39, 0.29) is 11.7 Å². The van der Waals surface area contributed by atoms with E-state index in [9.17, 15) is 4.79 Å². The second kappa shape index (κ2) is 9.29. The minimum atomic E-state index is -0.139. The molecule has 2 heterocycles. The Morgan fingerprint density at radius 3 is 2.81 bits per heavy atom. The van der Waals surface area contributed by atoms with Crippen molar-refractivity contribution in [1.29, 1.82) is 0 Å². The van der Waals surface area contributed by atoms with Crippen LogP contribution in [-0.2, 0) is 16.1 Å². The average Bonchev–Trinajstić information content (AvgIpc) is 3.10. The molecule has 3 rings (SSSR count). The lowest BCUT2D eigenvalue weighted by atomic mass is 10.3. The maximum absolute atomic E-state index is 12.3. The first-order chi connectivity index (χ1) is 13.1. The van der Waals surface area contributed by atoms with E-state index < -0.39 is 0 Å². The molecule has 0 spiro atoms. The third kappa shape index (κ3) is 4.85. The number of nitrogens with zero attached hydrogens (tertiary/aromatic N) is 4. The van der Waals surface area contributed by atoms with Gasteiger partial charge in [-0.15, -0.1) is 10.2 Å². The zero-order valence-corrected chi connectivity index (χ0v) is 16.8. The van der Waals surface area contributed by atoms with Gasteiger partial charge >= 0.3 is 0 Å². The van der Waals surface area contributed by atoms with Gasteiger partial charge in [0.1, 0.15) is 5.75 Å². The summed E-state index contributed by atoms with van der Waals surface area (Å²) in [7, 11) is 1.55. The number of halogens is 1. The lowest BCUT2D eigenvalue weighted by molar-refractivity contribution is -0.113. The van der Waals surface area contributed by atoms with E-state index in [0.29, 0.717) is 29.7 Å². The molecule has 1 aliphatic rings. The molecule has 0 unspecified atom stereocenters. The number of rotatable bonds is 7. The van der Waals surface area contributed by atoms with Gasteiger partial charge in [0, 0.05) is 25.3 Å². The molecule has 0 saturated carbocycles. The molecular weight excluding hydrogens is 390 g/mol. The Balaban J connectivity index is 1.60. The van der Waals surface area contributed by atoms with Gasteiger partial charge < -0.3 is 19.7 Å². The number of nitrogens with one attached hydrogen (secondary N) is 1. The molecule has 1 saturated heterocycles. The van der Waals surface area contributed by atoms with Crippen LogP contribution in [0.3, 0.4) is 0 Å². The average molecular weight is 412 g/mol. The van der Waals surface area contributed by atoms with Crippen LogP contribution in [0.25, 0.3) is 0 Å². The lowest BCUT2D eigenvalue weighted by Gasteiger charge is -2.27. The molecule has 27 heavy (non-hydrogen) atoms. The fourth-order valence-electron chi connectivity index (χ4n) is 2.73. The summed E-state index contributed by atoms with van der Waals surface area (Å²) in [5.74, 6) is 1.48. The molecule has 1 aromatic heterocycles. The van der Waals surface area contributed by atoms with Crippen molar-refractivity contribution in [2.45, 2.75) is 18.6 Å². The fourth-order valence-corrected chi connectivity index (χ4v) is 3.79. The van der Waals surface area contributed by atoms with Crippen molar-refractivity contribution in [2.75, 3.05) is 49.4 Å². The SMILES string of the molecule is CCn1c(SCC(=O)Nc2ccc(OC)c(Cl)c2)nnc1N1CCOCC1. The molecule has 0 atom stereocenters. The molecular formula is C17H22ClN5O3S. The summed E-state index contributed by atoms with van der Waals surface area (Å²) in [5.41, 5.74) is 0.623. The van der Waals surface area contributed by atoms with Gasteiger partial charge in [-0.3, -0.25) is 9.36 Å². The Bertz CT molecular complexity index is 795. The van der Waals surface area contributed by atoms with Gasteiger partial charge in [0.25, 0.3) is 0 Å². The molecule has 2 aromatic rings. The number of carbonyl (C=O) groups is 1. The highest BCUT2D eigenvalue weighted by molar-refractivity contribution is 7.99. The Morgan fingerprint density at radius 2 is 2.15 bits per heavy atom. The number of carbonyl (C=O) groups excluding carboxylic acids is 1. The van der Waals surface area contributed by atoms with Gasteiger partial charge in [-0.25, -0.2) is 0 Å². The minimum absolute atomic E-state index is 0.139. The van der Waals surface area contributed by atoms with E-state index in [1.807, 2.05) is 11.5 Å². The first-order valence-corrected chi connectivity index (χ1v) is 10.0. The number of aromatic nitrogens is 3. The van der Waals surface area contributed by atoms with E-state index in [1.54, 1.807) is 25.3 Å². The van der Waals surface area contributed by atoms with Gasteiger partial charge in [-0.2, -0.15) is 0 Å². The number of thioether (sulfide) groups is 1. The normalized spacial score (nSPS) is 14.3. The van der Waals surface area contributed by atoms with Crippen molar-refractivity contribution in [3.05, 3.63) is 23.2 Å². The highest BCUT2D eigenvalue weighted by Crippen LogP contribution is 2.27. The molecule has 8 nitrogen and oxygen atoms in total. The van der Waals surface area contributed by atoms with Crippen LogP contribution < -0.4 is 15.0 Å². The minimum Gasteiger partial charge on any atom is -0.495 e. The van der Waals surface area contributed by atoms with Crippen molar-refractivity contribution in [3.63, 3.8) is 0 Å². The van der Waals surface area contributed by atoms with Crippen LogP contribution in [0.15, 0.2) is 23.4 Å². The molecule has 10 heteroatoms. The van der Waals surface area contributed by atoms with Crippen molar-refractivity contribution in [1.82, 2.24) is 14.8 Å². The first kappa shape index (κ1) is 19.8. The van der Waals surface area contributed by atoms with Crippen LogP contribution in [0.2, 0.25) is 5.02 Å². The number of morpholine rings is 1. The van der Waals surface area contributed by atoms with Crippen molar-refractivity contribution < 1.29 is 14.3 Å². The number of methoxy groups -OCH3 is 1. The quantitative estimate of drug-likeness (QED) is 0.701. The third-order valence-corrected chi connectivity index (χ3v) is 5.34. The predicted octanol–water partition coefficient (Wildman–Crippen LogP) is 2.53. The second-order valence-electron chi connectivity index (χ2n) is 5.81. The highest BCUT2D eigenvalue weighted by Gasteiger charge is 2.20. The summed E-state index contributed by atoms with van der Waals surface area (Å²) < 4.78 is 12.5. The van der Waals surface area contributed by atoms with Gasteiger partial charge in [-0.05, 0) is 25.1 Å². The summed E-state index contributed by atoms with van der Waals surface area (Å²) in [4.78, 5) is 14.4. The number of hydrogen-bond donors (Lipinski definition) is 1. The zero-order valence-electron chi connectivity index (χ0n) is 15.3. The van der Waals surface area contributed by atoms with E-state index >= 15 is 0 Å². The number of hydrogen-bond acceptors (Lipinski definition) is 7. The smallest absolute Gasteiger partial charge is 0.234 e. The standard InChI is InChI=1S/C17H22ClN5O3S/c1-3-23-16(22-6-8-26-9-7-22)20-21-17(23)27-11-15(24)19-12-4-5-14(25-2)13(18)10-12/h4-5,10H,3,6-9,11H2,1-2H3,(H,19,24). The molecule has 0 aliphatic carbocycles. The van der Waals surface area contributed by atoms with E-state index in [1.165, 1.54) is 11.8 Å². The molecule has 0 radical (unpaired) electrons. The summed E-state index contributed by atoms with van der Waals surface area (Å²) in [6.07, 6.45) is 0. The van der Waals surface area contributed by atoms with Gasteiger partial charge in [0.05, 0.1) is 31.1 Å². The van der Waals surface area contributed by atoms with Crippen molar-refractivity contribution >= 4 is 40.9 Å². The number of benzene rings is 1. The van der Waals surface area contributed by atoms with Gasteiger partial charge in [-0.1, -0.05) is 23.4 Å². The van der Waals surface area contributed by atoms with E-state index in [0.717, 1.165) is 30.7 Å². The number of ether oxygens (including phenoxy) is 2. The van der Waals surface area contributed by atoms with Crippen molar-refractivity contribution in [3.8, 4) is 5.75 Å². The van der Waals surface area contributed by atoms with Gasteiger partial charge in [0.2, 0.25) is 11.9 Å². The van der Waals surface area contributed by atoms with Crippen LogP contribution in [0.1, 0.15) is 6.92 Å². The molecule has 0 bridgehead atoms. The summed E-state index contributed by atoms with van der Waals surface area (Å²) in [6.45, 7) is 5.73. The van der Waals surface area contributed by atoms with E-state index in [4.69, 9.17) is 21.1 Å². The zero-order chi connectivity index (χ0) is 19.2. The molecule has 146 valence electrons. The monoisotopic (exact) mass is 411 g/mol. The molecule has 1 aliphatic heterocycles. The van der Waals surface area contributed by atoms with Crippen LogP contribution in [-0.4, -0.2) is 59.8 Å². The second-order valence-corrected chi connectivity index (χ2v) is 7.16. The maximum Gasteiger partial charge on any atom is 0.234 e. The fraction of sp³-hybridized carbons (Fsp3) is 0.471. The Labute approximate surface area is 167 Å². The molecule has 1 amide bonds. The van der Waals surface area contributed by atoms with Crippen LogP contribution in [0.4, 0.5) is 11.6 Å². The van der Waals surface area contributed by atoms with Crippen LogP contribution in [0, 0.1) is 0 Å². The van der Waals surface area contributed by atoms with Gasteiger partial charge in [0.15, 0.2) is 5.16 Å². The van der Waals surface area contributed by atoms with E-state index in [2.05, 4.69) is 20.4 Å². The Hall–Kier alpha value is -1.97. The molecule has 1 fully saturated rings. The largest absolute Gasteiger partial charge is 0.495 e. The maximum atomic E-state index is 12.3. The molecule has 1 aromatic carbocycles. The van der Waals surface area contributed by atoms with Crippen LogP contribution >= 0.6 is 23.4 Å². The third-order valence-electron chi connectivity index (χ3n) is 4.08. The summed E-state index contributed by atoms with van der Waals surface area (Å²) >= 11 is 7.44. The first-order valence-electron chi connectivity index (χ1n) is 8.64. The van der Waals surface area contributed by atoms with Crippen molar-refractivity contribution in [2.24, 2.45) is 0 Å². The Morgan fingerprint density at radius 1 is 1.37 bits per heavy atom. The molecule has 1 N–H and O–H groups in total.